The molecule has 0 saturated carbocycles. The Bertz CT molecular complexity index is 560. The number of halogens is 1. The van der Waals surface area contributed by atoms with Crippen molar-refractivity contribution in [1.29, 1.82) is 0 Å². The fourth-order valence-electron chi connectivity index (χ4n) is 2.52. The second-order valence-electron chi connectivity index (χ2n) is 5.96. The number of nitrogens with zero attached hydrogens (tertiary/aromatic N) is 2. The number of aryl methyl sites for hydroxylation is 1. The van der Waals surface area contributed by atoms with Crippen LogP contribution >= 0.6 is 24.0 Å². The minimum Gasteiger partial charge on any atom is -0.370 e. The number of hydrogen-bond acceptors (Lipinski definition) is 3. The molecule has 0 radical (unpaired) electrons. The Morgan fingerprint density at radius 2 is 2.00 bits per heavy atom. The molecule has 3 N–H and O–H groups in total. The molecule has 7 heteroatoms. The Balaban J connectivity index is 0.00000288. The first-order chi connectivity index (χ1) is 11.0. The molecule has 1 aliphatic heterocycles. The lowest BCUT2D eigenvalue weighted by Gasteiger charge is -2.16. The normalized spacial score (nSPS) is 20.4. The van der Waals surface area contributed by atoms with Gasteiger partial charge in [0, 0.05) is 19.8 Å². The highest BCUT2D eigenvalue weighted by atomic mass is 127. The molecule has 1 saturated heterocycles. The van der Waals surface area contributed by atoms with E-state index in [9.17, 15) is 4.79 Å². The topological polar surface area (TPSA) is 79.9 Å². The summed E-state index contributed by atoms with van der Waals surface area (Å²) in [5.41, 5.74) is 8.10. The molecule has 1 amide bonds. The summed E-state index contributed by atoms with van der Waals surface area (Å²) in [4.78, 5) is 17.7. The van der Waals surface area contributed by atoms with Crippen LogP contribution in [0.1, 0.15) is 25.3 Å². The van der Waals surface area contributed by atoms with Gasteiger partial charge in [0.1, 0.15) is 6.10 Å². The van der Waals surface area contributed by atoms with Gasteiger partial charge in [-0.2, -0.15) is 0 Å². The largest absolute Gasteiger partial charge is 0.370 e. The Morgan fingerprint density at radius 3 is 2.58 bits per heavy atom. The molecule has 1 aromatic rings. The molecule has 0 aromatic heterocycles. The molecule has 2 atom stereocenters. The van der Waals surface area contributed by atoms with Crippen molar-refractivity contribution in [3.63, 3.8) is 0 Å². The first kappa shape index (κ1) is 20.7. The number of hydrogen-bond donors (Lipinski definition) is 2. The summed E-state index contributed by atoms with van der Waals surface area (Å²) in [5, 5.41) is 3.07. The third kappa shape index (κ3) is 5.94. The van der Waals surface area contributed by atoms with Crippen molar-refractivity contribution in [2.45, 2.75) is 38.4 Å². The molecule has 1 aliphatic rings. The van der Waals surface area contributed by atoms with Crippen molar-refractivity contribution in [2.24, 2.45) is 10.7 Å². The fourth-order valence-corrected chi connectivity index (χ4v) is 2.52. The number of guanidine groups is 1. The standard InChI is InChI=1S/C17H26N4O2.HI/c1-4-12-5-7-13(8-6-12)20-17(18)19-11-14-9-10-15(23-14)16(22)21(2)3;/h5-8,14-15H,4,9-11H2,1-3H3,(H3,18,19,20);1H. The van der Waals surface area contributed by atoms with Crippen LogP contribution in [0.3, 0.4) is 0 Å². The van der Waals surface area contributed by atoms with Crippen LogP contribution in [0, 0.1) is 0 Å². The van der Waals surface area contributed by atoms with Crippen LogP contribution in [-0.4, -0.2) is 49.6 Å². The number of likely N-dealkylation sites (N-methyl/N-ethyl adjacent to an activating group) is 1. The van der Waals surface area contributed by atoms with Gasteiger partial charge in [0.15, 0.2) is 5.96 Å². The van der Waals surface area contributed by atoms with Crippen molar-refractivity contribution in [3.8, 4) is 0 Å². The number of amides is 1. The van der Waals surface area contributed by atoms with Gasteiger partial charge in [0.25, 0.3) is 5.91 Å². The summed E-state index contributed by atoms with van der Waals surface area (Å²) in [7, 11) is 3.48. The average Bonchev–Trinajstić information content (AvgIpc) is 3.01. The molecular formula is C17H27IN4O2. The van der Waals surface area contributed by atoms with E-state index in [1.807, 2.05) is 12.1 Å². The van der Waals surface area contributed by atoms with E-state index in [-0.39, 0.29) is 42.1 Å². The molecule has 2 unspecified atom stereocenters. The van der Waals surface area contributed by atoms with Gasteiger partial charge in [0.2, 0.25) is 0 Å². The Hall–Kier alpha value is -1.35. The lowest BCUT2D eigenvalue weighted by Crippen LogP contribution is -2.34. The van der Waals surface area contributed by atoms with E-state index >= 15 is 0 Å². The number of aliphatic imine (C=N–C) groups is 1. The van der Waals surface area contributed by atoms with E-state index in [1.54, 1.807) is 19.0 Å². The van der Waals surface area contributed by atoms with Crippen molar-refractivity contribution in [2.75, 3.05) is 26.0 Å². The van der Waals surface area contributed by atoms with Gasteiger partial charge in [-0.3, -0.25) is 9.79 Å². The van der Waals surface area contributed by atoms with Crippen LogP contribution < -0.4 is 11.1 Å². The van der Waals surface area contributed by atoms with Crippen molar-refractivity contribution in [1.82, 2.24) is 4.90 Å². The van der Waals surface area contributed by atoms with Crippen LogP contribution in [0.2, 0.25) is 0 Å². The van der Waals surface area contributed by atoms with Gasteiger partial charge in [-0.15, -0.1) is 24.0 Å². The number of carbonyl (C=O) groups is 1. The van der Waals surface area contributed by atoms with Gasteiger partial charge < -0.3 is 20.7 Å². The highest BCUT2D eigenvalue weighted by molar-refractivity contribution is 14.0. The molecule has 0 aliphatic carbocycles. The van der Waals surface area contributed by atoms with Gasteiger partial charge in [-0.1, -0.05) is 19.1 Å². The molecule has 1 heterocycles. The molecule has 2 rings (SSSR count). The van der Waals surface area contributed by atoms with Gasteiger partial charge in [-0.25, -0.2) is 0 Å². The number of rotatable bonds is 5. The molecule has 24 heavy (non-hydrogen) atoms. The number of nitrogens with two attached hydrogens (primary N) is 1. The van der Waals surface area contributed by atoms with E-state index in [4.69, 9.17) is 10.5 Å². The van der Waals surface area contributed by atoms with Crippen molar-refractivity contribution < 1.29 is 9.53 Å². The predicted molar refractivity (Wildman–Crippen MR) is 108 cm³/mol. The highest BCUT2D eigenvalue weighted by Crippen LogP contribution is 2.21. The fraction of sp³-hybridized carbons (Fsp3) is 0.529. The van der Waals surface area contributed by atoms with E-state index < -0.39 is 0 Å². The number of carbonyl (C=O) groups excluding carboxylic acids is 1. The van der Waals surface area contributed by atoms with Crippen LogP contribution in [0.5, 0.6) is 0 Å². The van der Waals surface area contributed by atoms with Gasteiger partial charge in [0.05, 0.1) is 12.6 Å². The van der Waals surface area contributed by atoms with E-state index in [0.29, 0.717) is 12.5 Å². The third-order valence-corrected chi connectivity index (χ3v) is 3.92. The number of benzene rings is 1. The lowest BCUT2D eigenvalue weighted by molar-refractivity contribution is -0.140. The second-order valence-corrected chi connectivity index (χ2v) is 5.96. The monoisotopic (exact) mass is 446 g/mol. The predicted octanol–water partition coefficient (Wildman–Crippen LogP) is 2.23. The maximum Gasteiger partial charge on any atom is 0.251 e. The maximum absolute atomic E-state index is 11.9. The summed E-state index contributed by atoms with van der Waals surface area (Å²) in [6.45, 7) is 2.58. The number of anilines is 1. The minimum absolute atomic E-state index is 0. The Kier molecular flexibility index (Phi) is 8.47. The Morgan fingerprint density at radius 1 is 1.33 bits per heavy atom. The molecule has 134 valence electrons. The van der Waals surface area contributed by atoms with Crippen LogP contribution in [-0.2, 0) is 16.0 Å². The van der Waals surface area contributed by atoms with E-state index in [2.05, 4.69) is 29.4 Å². The first-order valence-corrected chi connectivity index (χ1v) is 8.02. The van der Waals surface area contributed by atoms with Crippen LogP contribution in [0.25, 0.3) is 0 Å². The molecule has 1 fully saturated rings. The minimum atomic E-state index is -0.346. The second kappa shape index (κ2) is 9.83. The SMILES string of the molecule is CCc1ccc(NC(N)=NCC2CCC(C(=O)N(C)C)O2)cc1.I. The van der Waals surface area contributed by atoms with Crippen molar-refractivity contribution >= 4 is 41.5 Å². The van der Waals surface area contributed by atoms with Gasteiger partial charge in [-0.05, 0) is 37.0 Å². The molecule has 0 bridgehead atoms. The smallest absolute Gasteiger partial charge is 0.251 e. The maximum atomic E-state index is 11.9. The third-order valence-electron chi connectivity index (χ3n) is 3.92. The molecule has 6 nitrogen and oxygen atoms in total. The van der Waals surface area contributed by atoms with E-state index in [1.165, 1.54) is 5.56 Å². The zero-order valence-corrected chi connectivity index (χ0v) is 16.8. The van der Waals surface area contributed by atoms with Crippen LogP contribution in [0.15, 0.2) is 29.3 Å². The summed E-state index contributed by atoms with van der Waals surface area (Å²) in [6.07, 6.45) is 2.18. The van der Waals surface area contributed by atoms with Gasteiger partial charge >= 0.3 is 0 Å². The first-order valence-electron chi connectivity index (χ1n) is 8.02. The quantitative estimate of drug-likeness (QED) is 0.413. The molecule has 0 spiro atoms. The number of nitrogens with one attached hydrogen (secondary N) is 1. The van der Waals surface area contributed by atoms with Crippen molar-refractivity contribution in [3.05, 3.63) is 29.8 Å². The molecular weight excluding hydrogens is 419 g/mol. The van der Waals surface area contributed by atoms with Crippen LogP contribution in [0.4, 0.5) is 5.69 Å². The van der Waals surface area contributed by atoms with E-state index in [0.717, 1.165) is 24.9 Å². The highest BCUT2D eigenvalue weighted by Gasteiger charge is 2.31. The summed E-state index contributed by atoms with van der Waals surface area (Å²) >= 11 is 0. The zero-order valence-electron chi connectivity index (χ0n) is 14.5. The molecule has 1 aromatic carbocycles. The average molecular weight is 446 g/mol. The lowest BCUT2D eigenvalue weighted by atomic mass is 10.1. The summed E-state index contributed by atoms with van der Waals surface area (Å²) in [5.74, 6) is 0.374. The number of ether oxygens (including phenoxy) is 1. The Labute approximate surface area is 160 Å². The summed E-state index contributed by atoms with van der Waals surface area (Å²) in [6, 6.07) is 8.10. The summed E-state index contributed by atoms with van der Waals surface area (Å²) < 4.78 is 5.73. The zero-order chi connectivity index (χ0) is 16.8.